The van der Waals surface area contributed by atoms with Crippen molar-refractivity contribution in [1.29, 1.82) is 5.26 Å². The van der Waals surface area contributed by atoms with Crippen LogP contribution in [0.2, 0.25) is 0 Å². The number of carboxylic acids is 1. The van der Waals surface area contributed by atoms with Gasteiger partial charge in [-0.15, -0.1) is 0 Å². The zero-order valence-electron chi connectivity index (χ0n) is 27.0. The highest BCUT2D eigenvalue weighted by atomic mass is 19.4. The van der Waals surface area contributed by atoms with E-state index in [1.807, 2.05) is 11.0 Å². The largest absolute Gasteiger partial charge is 0.481 e. The van der Waals surface area contributed by atoms with Crippen LogP contribution < -0.4 is 10.9 Å². The molecule has 48 heavy (non-hydrogen) atoms. The average Bonchev–Trinajstić information content (AvgIpc) is 2.97. The Morgan fingerprint density at radius 1 is 1.06 bits per heavy atom. The first-order valence-electron chi connectivity index (χ1n) is 15.6. The Labute approximate surface area is 274 Å². The number of nitrogens with one attached hydrogen (secondary N) is 1. The van der Waals surface area contributed by atoms with Crippen molar-refractivity contribution in [2.24, 2.45) is 5.92 Å². The zero-order valence-corrected chi connectivity index (χ0v) is 27.0. The first-order valence-corrected chi connectivity index (χ1v) is 15.6. The van der Waals surface area contributed by atoms with Gasteiger partial charge in [0.25, 0.3) is 5.56 Å². The van der Waals surface area contributed by atoms with Gasteiger partial charge >= 0.3 is 12.1 Å². The molecule has 1 unspecified atom stereocenters. The molecule has 2 aromatic carbocycles. The van der Waals surface area contributed by atoms with Gasteiger partial charge in [0.15, 0.2) is 0 Å². The maximum Gasteiger partial charge on any atom is 0.416 e. The average molecular weight is 673 g/mol. The van der Waals surface area contributed by atoms with Crippen molar-refractivity contribution in [2.75, 3.05) is 19.6 Å². The molecule has 0 bridgehead atoms. The van der Waals surface area contributed by atoms with Gasteiger partial charge in [-0.25, -0.2) is 8.78 Å². The monoisotopic (exact) mass is 672 g/mol. The third-order valence-electron chi connectivity index (χ3n) is 8.53. The number of carbonyl (C=O) groups is 2. The number of aliphatic carboxylic acids is 1. The van der Waals surface area contributed by atoms with Crippen molar-refractivity contribution in [3.8, 4) is 17.2 Å². The van der Waals surface area contributed by atoms with Gasteiger partial charge < -0.3 is 19.9 Å². The van der Waals surface area contributed by atoms with Crippen LogP contribution in [-0.4, -0.2) is 46.1 Å². The molecule has 0 spiro atoms. The van der Waals surface area contributed by atoms with Crippen molar-refractivity contribution in [3.63, 3.8) is 0 Å². The van der Waals surface area contributed by atoms with Crippen molar-refractivity contribution in [2.45, 2.75) is 71.6 Å². The minimum Gasteiger partial charge on any atom is -0.481 e. The molecule has 256 valence electrons. The first-order chi connectivity index (χ1) is 22.5. The summed E-state index contributed by atoms with van der Waals surface area (Å²) in [6.07, 6.45) is -3.64. The summed E-state index contributed by atoms with van der Waals surface area (Å²) in [5, 5.41) is 22.0. The third kappa shape index (κ3) is 8.28. The standard InChI is InChI=1S/C35H37F5N4O4/c1-19(2)10-30(44-18-22(6-9-43-7-5-8-43)27(15-31(44)45)35(38,39)40)34(48)42-29(16-32(46)47)26-13-23(12-21(4)33(26)37)25-14-28(36)20(3)11-24(25)17-41/h11-15,18-19,29-30H,5-10,16H2,1-4H3,(H,42,48)(H,46,47)/t29-,30?/m0/s1. The van der Waals surface area contributed by atoms with Crippen molar-refractivity contribution < 1.29 is 36.6 Å². The van der Waals surface area contributed by atoms with Crippen LogP contribution in [0.5, 0.6) is 0 Å². The van der Waals surface area contributed by atoms with E-state index >= 15 is 4.39 Å². The molecular formula is C35H37F5N4O4. The number of carbonyl (C=O) groups excluding carboxylic acids is 1. The second-order valence-corrected chi connectivity index (χ2v) is 12.7. The Kier molecular flexibility index (Phi) is 11.1. The molecule has 4 rings (SSSR count). The van der Waals surface area contributed by atoms with E-state index in [-0.39, 0.29) is 57.7 Å². The Morgan fingerprint density at radius 3 is 2.31 bits per heavy atom. The number of likely N-dealkylation sites (tertiary alicyclic amines) is 1. The molecule has 2 N–H and O–H groups in total. The second-order valence-electron chi connectivity index (χ2n) is 12.7. The molecule has 0 radical (unpaired) electrons. The van der Waals surface area contributed by atoms with E-state index in [1.54, 1.807) is 13.8 Å². The summed E-state index contributed by atoms with van der Waals surface area (Å²) in [4.78, 5) is 41.1. The number of nitriles is 1. The molecule has 1 aliphatic rings. The fraction of sp³-hybridized carbons (Fsp3) is 0.429. The quantitative estimate of drug-likeness (QED) is 0.213. The maximum atomic E-state index is 15.7. The lowest BCUT2D eigenvalue weighted by Gasteiger charge is -2.31. The van der Waals surface area contributed by atoms with Crippen LogP contribution in [0.25, 0.3) is 11.1 Å². The fourth-order valence-electron chi connectivity index (χ4n) is 5.88. The molecule has 2 heterocycles. The number of alkyl halides is 3. The van der Waals surface area contributed by atoms with E-state index in [0.717, 1.165) is 36.3 Å². The summed E-state index contributed by atoms with van der Waals surface area (Å²) < 4.78 is 73.1. The molecular weight excluding hydrogens is 635 g/mol. The fourth-order valence-corrected chi connectivity index (χ4v) is 5.88. The van der Waals surface area contributed by atoms with E-state index < -0.39 is 59.3 Å². The Hall–Kier alpha value is -4.57. The van der Waals surface area contributed by atoms with Gasteiger partial charge in [0.05, 0.1) is 29.7 Å². The summed E-state index contributed by atoms with van der Waals surface area (Å²) in [5.41, 5.74) is -1.91. The van der Waals surface area contributed by atoms with E-state index in [0.29, 0.717) is 12.6 Å². The highest BCUT2D eigenvalue weighted by Gasteiger charge is 2.36. The van der Waals surface area contributed by atoms with Crippen molar-refractivity contribution >= 4 is 11.9 Å². The molecule has 8 nitrogen and oxygen atoms in total. The van der Waals surface area contributed by atoms with Crippen LogP contribution in [0.1, 0.15) is 78.6 Å². The second kappa shape index (κ2) is 14.7. The predicted octanol–water partition coefficient (Wildman–Crippen LogP) is 6.47. The van der Waals surface area contributed by atoms with E-state index in [1.165, 1.54) is 32.0 Å². The number of amides is 1. The number of aryl methyl sites for hydroxylation is 2. The number of hydrogen-bond donors (Lipinski definition) is 2. The van der Waals surface area contributed by atoms with Gasteiger partial charge in [-0.2, -0.15) is 18.4 Å². The summed E-state index contributed by atoms with van der Waals surface area (Å²) >= 11 is 0. The number of carboxylic acid groups (broad SMARTS) is 1. The van der Waals surface area contributed by atoms with Gasteiger partial charge in [-0.3, -0.25) is 14.4 Å². The van der Waals surface area contributed by atoms with E-state index in [4.69, 9.17) is 0 Å². The molecule has 13 heteroatoms. The maximum absolute atomic E-state index is 15.7. The van der Waals surface area contributed by atoms with Crippen LogP contribution in [0, 0.1) is 42.7 Å². The van der Waals surface area contributed by atoms with Gasteiger partial charge in [0.2, 0.25) is 5.91 Å². The number of pyridine rings is 1. The molecule has 2 atom stereocenters. The minimum absolute atomic E-state index is 0.00180. The van der Waals surface area contributed by atoms with Gasteiger partial charge in [0, 0.05) is 29.9 Å². The Bertz CT molecular complexity index is 1810. The smallest absolute Gasteiger partial charge is 0.416 e. The minimum atomic E-state index is -4.81. The Balaban J connectivity index is 1.78. The van der Waals surface area contributed by atoms with Crippen molar-refractivity contribution in [3.05, 3.63) is 91.9 Å². The van der Waals surface area contributed by atoms with Gasteiger partial charge in [-0.1, -0.05) is 13.8 Å². The molecule has 0 aliphatic carbocycles. The van der Waals surface area contributed by atoms with Crippen LogP contribution in [0.4, 0.5) is 22.0 Å². The Morgan fingerprint density at radius 2 is 1.75 bits per heavy atom. The van der Waals surface area contributed by atoms with Gasteiger partial charge in [0.1, 0.15) is 17.7 Å². The number of hydrogen-bond acceptors (Lipinski definition) is 5. The SMILES string of the molecule is Cc1cc(C#N)c(-c2cc(C)c(F)c([C@H](CC(=O)O)NC(=O)C(CC(C)C)n3cc(CCN4CCC4)c(C(F)(F)F)cc3=O)c2)cc1F. The molecule has 1 fully saturated rings. The molecule has 1 aliphatic heterocycles. The summed E-state index contributed by atoms with van der Waals surface area (Å²) in [5.74, 6) is -4.00. The number of benzene rings is 2. The van der Waals surface area contributed by atoms with Gasteiger partial charge in [-0.05, 0) is 98.6 Å². The lowest BCUT2D eigenvalue weighted by Crippen LogP contribution is -2.41. The van der Waals surface area contributed by atoms with Crippen LogP contribution in [0.15, 0.2) is 41.3 Å². The molecule has 0 saturated carbocycles. The van der Waals surface area contributed by atoms with Crippen LogP contribution in [0.3, 0.4) is 0 Å². The summed E-state index contributed by atoms with van der Waals surface area (Å²) in [7, 11) is 0. The molecule has 1 amide bonds. The lowest BCUT2D eigenvalue weighted by molar-refractivity contribution is -0.139. The molecule has 3 aromatic rings. The predicted molar refractivity (Wildman–Crippen MR) is 168 cm³/mol. The van der Waals surface area contributed by atoms with Crippen molar-refractivity contribution in [1.82, 2.24) is 14.8 Å². The number of aromatic nitrogens is 1. The lowest BCUT2D eigenvalue weighted by atomic mass is 9.91. The topological polar surface area (TPSA) is 115 Å². The number of halogens is 5. The molecule has 1 saturated heterocycles. The normalized spacial score (nSPS) is 14.7. The zero-order chi connectivity index (χ0) is 35.5. The third-order valence-corrected chi connectivity index (χ3v) is 8.53. The van der Waals surface area contributed by atoms with Crippen LogP contribution >= 0.6 is 0 Å². The van der Waals surface area contributed by atoms with Crippen LogP contribution in [-0.2, 0) is 22.2 Å². The summed E-state index contributed by atoms with van der Waals surface area (Å²) in [6.45, 7) is 8.19. The molecule has 1 aromatic heterocycles. The first kappa shape index (κ1) is 36.3. The number of nitrogens with zero attached hydrogens (tertiary/aromatic N) is 3. The highest BCUT2D eigenvalue weighted by Crippen LogP contribution is 2.34. The summed E-state index contributed by atoms with van der Waals surface area (Å²) in [6, 6.07) is 4.64. The van der Waals surface area contributed by atoms with E-state index in [2.05, 4.69) is 5.32 Å². The highest BCUT2D eigenvalue weighted by molar-refractivity contribution is 5.82. The number of rotatable bonds is 12. The van der Waals surface area contributed by atoms with E-state index in [9.17, 15) is 42.3 Å².